The van der Waals surface area contributed by atoms with Crippen molar-refractivity contribution < 1.29 is 18.8 Å². The average molecular weight is 392 g/mol. The van der Waals surface area contributed by atoms with Crippen molar-refractivity contribution in [1.29, 1.82) is 0 Å². The monoisotopic (exact) mass is 392 g/mol. The second-order valence-corrected chi connectivity index (χ2v) is 6.42. The van der Waals surface area contributed by atoms with Gasteiger partial charge in [0, 0.05) is 23.3 Å². The summed E-state index contributed by atoms with van der Waals surface area (Å²) in [6.07, 6.45) is -0.860. The largest absolute Gasteiger partial charge is 0.479 e. The van der Waals surface area contributed by atoms with Gasteiger partial charge in [-0.2, -0.15) is 0 Å². The molecule has 1 unspecified atom stereocenters. The first-order valence-corrected chi connectivity index (χ1v) is 9.24. The van der Waals surface area contributed by atoms with E-state index < -0.39 is 17.7 Å². The maximum Gasteiger partial charge on any atom is 0.310 e. The maximum atomic E-state index is 12.2. The molecule has 2 heterocycles. The Bertz CT molecular complexity index is 1170. The summed E-state index contributed by atoms with van der Waals surface area (Å²) in [5.41, 5.74) is 2.43. The van der Waals surface area contributed by atoms with Crippen molar-refractivity contribution in [2.75, 3.05) is 6.61 Å². The summed E-state index contributed by atoms with van der Waals surface area (Å²) in [5, 5.41) is 9.59. The van der Waals surface area contributed by atoms with Crippen molar-refractivity contribution in [3.8, 4) is 28.7 Å². The quantitative estimate of drug-likeness (QED) is 0.524. The Labute approximate surface area is 166 Å². The number of hydrogen-bond donors (Lipinski definition) is 1. The van der Waals surface area contributed by atoms with Gasteiger partial charge in [0.1, 0.15) is 11.5 Å². The van der Waals surface area contributed by atoms with Gasteiger partial charge in [-0.05, 0) is 26.0 Å². The molecular formula is C22H20N2O5. The van der Waals surface area contributed by atoms with E-state index in [0.29, 0.717) is 29.5 Å². The van der Waals surface area contributed by atoms with Crippen LogP contribution in [0.3, 0.4) is 0 Å². The van der Waals surface area contributed by atoms with Crippen LogP contribution < -0.4 is 5.56 Å². The van der Waals surface area contributed by atoms with E-state index in [1.807, 2.05) is 68.4 Å². The fraction of sp³-hybridized carbons (Fsp3) is 0.182. The maximum absolute atomic E-state index is 12.2. The van der Waals surface area contributed by atoms with Gasteiger partial charge in [0.2, 0.25) is 5.89 Å². The van der Waals surface area contributed by atoms with Crippen LogP contribution in [-0.4, -0.2) is 21.4 Å². The van der Waals surface area contributed by atoms with Gasteiger partial charge in [-0.15, -0.1) is 4.74 Å². The summed E-state index contributed by atoms with van der Waals surface area (Å²) in [6, 6.07) is 18.1. The smallest absolute Gasteiger partial charge is 0.310 e. The van der Waals surface area contributed by atoms with Crippen molar-refractivity contribution in [1.82, 2.24) is 9.72 Å². The molecular weight excluding hydrogens is 372 g/mol. The lowest BCUT2D eigenvalue weighted by molar-refractivity contribution is -0.0195. The molecule has 0 amide bonds. The van der Waals surface area contributed by atoms with Gasteiger partial charge in [-0.25, -0.2) is 4.98 Å². The number of hydrogen-bond acceptors (Lipinski definition) is 6. The summed E-state index contributed by atoms with van der Waals surface area (Å²) < 4.78 is 17.9. The third-order valence-electron chi connectivity index (χ3n) is 4.49. The normalized spacial score (nSPS) is 12.2. The molecule has 7 nitrogen and oxygen atoms in total. The van der Waals surface area contributed by atoms with Gasteiger partial charge in [0.25, 0.3) is 5.56 Å². The Kier molecular flexibility index (Phi) is 5.05. The number of ether oxygens (including phenoxy) is 1. The molecule has 7 heteroatoms. The third-order valence-corrected chi connectivity index (χ3v) is 4.49. The standard InChI is InChI=1S/C22H20N2O5/c1-3-27-22(24-18(25)13-19(26)29-24)17-12-8-7-11-16(17)20-14(2)28-21(23-20)15-9-5-4-6-10-15/h4-13,22,26H,3H2,1-2H3. The van der Waals surface area contributed by atoms with Crippen molar-refractivity contribution in [2.45, 2.75) is 20.1 Å². The van der Waals surface area contributed by atoms with E-state index in [0.717, 1.165) is 21.9 Å². The summed E-state index contributed by atoms with van der Waals surface area (Å²) in [7, 11) is 0. The molecule has 0 aliphatic rings. The lowest BCUT2D eigenvalue weighted by atomic mass is 10.0. The van der Waals surface area contributed by atoms with Crippen LogP contribution in [0.4, 0.5) is 0 Å². The number of aromatic hydroxyl groups is 1. The molecule has 1 atom stereocenters. The molecule has 0 spiro atoms. The van der Waals surface area contributed by atoms with Crippen LogP contribution >= 0.6 is 0 Å². The number of oxazole rings is 1. The van der Waals surface area contributed by atoms with Crippen molar-refractivity contribution in [2.24, 2.45) is 0 Å². The van der Waals surface area contributed by atoms with Gasteiger partial charge in [0.15, 0.2) is 6.23 Å². The minimum atomic E-state index is -0.860. The first-order valence-electron chi connectivity index (χ1n) is 9.24. The third kappa shape index (κ3) is 3.60. The number of aromatic nitrogens is 2. The number of aryl methyl sites for hydroxylation is 1. The zero-order chi connectivity index (χ0) is 20.4. The molecule has 0 saturated carbocycles. The van der Waals surface area contributed by atoms with Crippen LogP contribution in [0.15, 0.2) is 74.4 Å². The molecule has 0 bridgehead atoms. The molecule has 0 aliphatic carbocycles. The Morgan fingerprint density at radius 3 is 2.55 bits per heavy atom. The molecule has 1 N–H and O–H groups in total. The minimum absolute atomic E-state index is 0.333. The van der Waals surface area contributed by atoms with Gasteiger partial charge >= 0.3 is 5.95 Å². The molecule has 148 valence electrons. The molecule has 0 radical (unpaired) electrons. The Morgan fingerprint density at radius 1 is 1.14 bits per heavy atom. The lowest BCUT2D eigenvalue weighted by Gasteiger charge is -2.19. The first-order chi connectivity index (χ1) is 14.1. The molecule has 2 aromatic heterocycles. The van der Waals surface area contributed by atoms with E-state index in [4.69, 9.17) is 13.7 Å². The topological polar surface area (TPSA) is 90.6 Å². The Balaban J connectivity index is 1.84. The molecule has 0 fully saturated rings. The second-order valence-electron chi connectivity index (χ2n) is 6.42. The highest BCUT2D eigenvalue weighted by atomic mass is 16.6. The zero-order valence-electron chi connectivity index (χ0n) is 16.0. The summed E-state index contributed by atoms with van der Waals surface area (Å²) in [5.74, 6) is 0.677. The van der Waals surface area contributed by atoms with Crippen LogP contribution in [0, 0.1) is 6.92 Å². The van der Waals surface area contributed by atoms with E-state index in [1.54, 1.807) is 0 Å². The predicted octanol–water partition coefficient (Wildman–Crippen LogP) is 4.36. The van der Waals surface area contributed by atoms with E-state index >= 15 is 0 Å². The van der Waals surface area contributed by atoms with Crippen LogP contribution in [0.1, 0.15) is 24.5 Å². The number of rotatable bonds is 6. The minimum Gasteiger partial charge on any atom is -0.479 e. The highest BCUT2D eigenvalue weighted by Gasteiger charge is 2.25. The fourth-order valence-electron chi connectivity index (χ4n) is 3.22. The zero-order valence-corrected chi connectivity index (χ0v) is 16.0. The van der Waals surface area contributed by atoms with Crippen LogP contribution in [0.5, 0.6) is 5.95 Å². The summed E-state index contributed by atoms with van der Waals surface area (Å²) >= 11 is 0. The van der Waals surface area contributed by atoms with Crippen LogP contribution in [0.25, 0.3) is 22.7 Å². The first kappa shape index (κ1) is 18.8. The Hall–Kier alpha value is -3.58. The molecule has 4 aromatic rings. The molecule has 2 aromatic carbocycles. The fourth-order valence-corrected chi connectivity index (χ4v) is 3.22. The lowest BCUT2D eigenvalue weighted by Crippen LogP contribution is -2.23. The van der Waals surface area contributed by atoms with E-state index in [1.165, 1.54) is 0 Å². The van der Waals surface area contributed by atoms with E-state index in [9.17, 15) is 9.90 Å². The van der Waals surface area contributed by atoms with Crippen molar-refractivity contribution >= 4 is 0 Å². The van der Waals surface area contributed by atoms with Gasteiger partial charge in [-0.1, -0.05) is 42.5 Å². The molecule has 29 heavy (non-hydrogen) atoms. The summed E-state index contributed by atoms with van der Waals surface area (Å²) in [4.78, 5) is 16.9. The van der Waals surface area contributed by atoms with Crippen molar-refractivity contribution in [3.05, 3.63) is 82.3 Å². The second kappa shape index (κ2) is 7.81. The average Bonchev–Trinajstić information content (AvgIpc) is 3.28. The predicted molar refractivity (Wildman–Crippen MR) is 107 cm³/mol. The van der Waals surface area contributed by atoms with Gasteiger partial charge < -0.3 is 18.8 Å². The SMILES string of the molecule is CCOC(c1ccccc1-c1nc(-c2ccccc2)oc1C)n1oc(O)cc1=O. The molecule has 0 aliphatic heterocycles. The highest BCUT2D eigenvalue weighted by Crippen LogP contribution is 2.34. The van der Waals surface area contributed by atoms with E-state index in [2.05, 4.69) is 4.98 Å². The van der Waals surface area contributed by atoms with Gasteiger partial charge in [-0.3, -0.25) is 4.79 Å². The van der Waals surface area contributed by atoms with Gasteiger partial charge in [0.05, 0.1) is 6.07 Å². The molecule has 4 rings (SSSR count). The number of nitrogens with zero attached hydrogens (tertiary/aromatic N) is 2. The summed E-state index contributed by atoms with van der Waals surface area (Å²) in [6.45, 7) is 3.99. The number of benzene rings is 2. The van der Waals surface area contributed by atoms with Crippen LogP contribution in [-0.2, 0) is 4.74 Å². The Morgan fingerprint density at radius 2 is 1.86 bits per heavy atom. The highest BCUT2D eigenvalue weighted by molar-refractivity contribution is 5.69. The molecule has 0 saturated heterocycles. The van der Waals surface area contributed by atoms with E-state index in [-0.39, 0.29) is 0 Å². The van der Waals surface area contributed by atoms with Crippen LogP contribution in [0.2, 0.25) is 0 Å². The van der Waals surface area contributed by atoms with Crippen molar-refractivity contribution in [3.63, 3.8) is 0 Å².